The second-order valence-corrected chi connectivity index (χ2v) is 2.74. The van der Waals surface area contributed by atoms with Gasteiger partial charge >= 0.3 is 0 Å². The van der Waals surface area contributed by atoms with Crippen molar-refractivity contribution in [2.24, 2.45) is 0 Å². The maximum atomic E-state index is 9.58. The summed E-state index contributed by atoms with van der Waals surface area (Å²) in [5.74, 6) is 0. The molecule has 1 rings (SSSR count). The molecule has 0 amide bonds. The van der Waals surface area contributed by atoms with Crippen molar-refractivity contribution in [1.82, 2.24) is 4.98 Å². The molecule has 0 saturated heterocycles. The van der Waals surface area contributed by atoms with Crippen LogP contribution < -0.4 is 5.32 Å². The minimum atomic E-state index is -0.693. The molecule has 2 N–H and O–H groups in total. The summed E-state index contributed by atoms with van der Waals surface area (Å²) in [5.41, 5.74) is 1.40. The van der Waals surface area contributed by atoms with E-state index in [4.69, 9.17) is 0 Å². The number of nitrogens with one attached hydrogen (secondary N) is 1. The highest BCUT2D eigenvalue weighted by molar-refractivity contribution is 5.50. The summed E-state index contributed by atoms with van der Waals surface area (Å²) < 4.78 is 0. The average molecular weight is 189 g/mol. The fourth-order valence-corrected chi connectivity index (χ4v) is 1.06. The molecule has 0 aromatic carbocycles. The van der Waals surface area contributed by atoms with E-state index in [9.17, 15) is 5.11 Å². The number of aliphatic hydroxyl groups is 1. The van der Waals surface area contributed by atoms with Crippen LogP contribution in [0.4, 0.5) is 5.69 Å². The van der Waals surface area contributed by atoms with E-state index >= 15 is 0 Å². The zero-order chi connectivity index (χ0) is 10.4. The molecule has 0 fully saturated rings. The second-order valence-electron chi connectivity index (χ2n) is 2.74. The van der Waals surface area contributed by atoms with E-state index in [-0.39, 0.29) is 0 Å². The molecule has 1 radical (unpaired) electrons. The minimum Gasteiger partial charge on any atom is -0.384 e. The van der Waals surface area contributed by atoms with Gasteiger partial charge in [0.05, 0.1) is 11.8 Å². The van der Waals surface area contributed by atoms with Gasteiger partial charge in [-0.1, -0.05) is 12.2 Å². The van der Waals surface area contributed by atoms with Crippen LogP contribution in [0.15, 0.2) is 37.6 Å². The Morgan fingerprint density at radius 1 is 1.64 bits per heavy atom. The maximum absolute atomic E-state index is 9.58. The van der Waals surface area contributed by atoms with Crippen molar-refractivity contribution in [2.75, 3.05) is 11.9 Å². The van der Waals surface area contributed by atoms with Crippen LogP contribution in [0.1, 0.15) is 11.7 Å². The monoisotopic (exact) mass is 189 g/mol. The lowest BCUT2D eigenvalue weighted by molar-refractivity contribution is 0.229. The molecular weight excluding hydrogens is 176 g/mol. The first-order chi connectivity index (χ1) is 6.79. The smallest absolute Gasteiger partial charge is 0.114 e. The lowest BCUT2D eigenvalue weighted by Gasteiger charge is -2.11. The highest BCUT2D eigenvalue weighted by Crippen LogP contribution is 2.21. The zero-order valence-electron chi connectivity index (χ0n) is 7.90. The normalized spacial score (nSPS) is 11.8. The predicted molar refractivity (Wildman–Crippen MR) is 56.9 cm³/mol. The van der Waals surface area contributed by atoms with Crippen LogP contribution in [-0.4, -0.2) is 16.6 Å². The van der Waals surface area contributed by atoms with Crippen LogP contribution in [0.2, 0.25) is 0 Å². The standard InChI is InChI=1S/C11H13N2O/c1-3-6-13-10-8-12-7-5-9(10)11(14)4-2/h3-5,7,11,13-14H,1-2,6H2. The highest BCUT2D eigenvalue weighted by Gasteiger charge is 2.08. The molecule has 1 heterocycles. The lowest BCUT2D eigenvalue weighted by Crippen LogP contribution is -2.04. The van der Waals surface area contributed by atoms with Crippen LogP contribution in [0.25, 0.3) is 0 Å². The molecule has 14 heavy (non-hydrogen) atoms. The number of hydrogen-bond donors (Lipinski definition) is 2. The maximum Gasteiger partial charge on any atom is 0.114 e. The largest absolute Gasteiger partial charge is 0.384 e. The number of aliphatic hydroxyl groups excluding tert-OH is 1. The molecule has 0 spiro atoms. The number of hydrogen-bond acceptors (Lipinski definition) is 3. The van der Waals surface area contributed by atoms with Crippen molar-refractivity contribution < 1.29 is 5.11 Å². The minimum absolute atomic E-state index is 0.610. The number of aromatic nitrogens is 1. The molecule has 0 bridgehead atoms. The van der Waals surface area contributed by atoms with Gasteiger partial charge in [0, 0.05) is 18.3 Å². The summed E-state index contributed by atoms with van der Waals surface area (Å²) in [5, 5.41) is 12.6. The lowest BCUT2D eigenvalue weighted by atomic mass is 10.1. The Balaban J connectivity index is 2.90. The van der Waals surface area contributed by atoms with E-state index in [1.807, 2.05) is 0 Å². The first kappa shape index (κ1) is 10.5. The topological polar surface area (TPSA) is 45.2 Å². The van der Waals surface area contributed by atoms with Crippen LogP contribution >= 0.6 is 0 Å². The van der Waals surface area contributed by atoms with Crippen LogP contribution in [-0.2, 0) is 0 Å². The third-order valence-corrected chi connectivity index (χ3v) is 1.76. The van der Waals surface area contributed by atoms with Crippen molar-refractivity contribution >= 4 is 5.69 Å². The average Bonchev–Trinajstić information content (AvgIpc) is 2.25. The first-order valence-electron chi connectivity index (χ1n) is 4.31. The number of rotatable bonds is 5. The molecule has 3 nitrogen and oxygen atoms in total. The third-order valence-electron chi connectivity index (χ3n) is 1.76. The molecule has 0 aliphatic carbocycles. The molecule has 1 unspecified atom stereocenters. The fraction of sp³-hybridized carbons (Fsp3) is 0.182. The molecule has 1 atom stereocenters. The summed E-state index contributed by atoms with van der Waals surface area (Å²) in [7, 11) is 0. The zero-order valence-corrected chi connectivity index (χ0v) is 7.90. The molecule has 3 heteroatoms. The third kappa shape index (κ3) is 2.44. The Morgan fingerprint density at radius 3 is 3.07 bits per heavy atom. The van der Waals surface area contributed by atoms with Gasteiger partial charge in [0.15, 0.2) is 0 Å². The van der Waals surface area contributed by atoms with E-state index in [1.54, 1.807) is 18.3 Å². The van der Waals surface area contributed by atoms with Crippen molar-refractivity contribution in [3.05, 3.63) is 49.3 Å². The predicted octanol–water partition coefficient (Wildman–Crippen LogP) is 1.70. The van der Waals surface area contributed by atoms with E-state index in [0.29, 0.717) is 12.2 Å². The highest BCUT2D eigenvalue weighted by atomic mass is 16.3. The van der Waals surface area contributed by atoms with Gasteiger partial charge in [-0.25, -0.2) is 0 Å². The van der Waals surface area contributed by atoms with E-state index < -0.39 is 6.10 Å². The Morgan fingerprint density at radius 2 is 2.43 bits per heavy atom. The molecule has 0 aliphatic heterocycles. The van der Waals surface area contributed by atoms with Gasteiger partial charge in [-0.05, 0) is 6.07 Å². The number of anilines is 1. The summed E-state index contributed by atoms with van der Waals surface area (Å²) in [6.45, 7) is 7.73. The molecule has 1 aromatic rings. The van der Waals surface area contributed by atoms with Gasteiger partial charge in [0.25, 0.3) is 0 Å². The number of nitrogens with zero attached hydrogens (tertiary/aromatic N) is 1. The fourth-order valence-electron chi connectivity index (χ4n) is 1.06. The van der Waals surface area contributed by atoms with Crippen LogP contribution in [0.5, 0.6) is 0 Å². The van der Waals surface area contributed by atoms with Gasteiger partial charge in [-0.15, -0.1) is 13.2 Å². The van der Waals surface area contributed by atoms with Crippen molar-refractivity contribution in [3.63, 3.8) is 0 Å². The van der Waals surface area contributed by atoms with Crippen LogP contribution in [0, 0.1) is 6.20 Å². The quantitative estimate of drug-likeness (QED) is 0.693. The molecule has 0 aliphatic rings. The van der Waals surface area contributed by atoms with Gasteiger partial charge in [-0.3, -0.25) is 4.98 Å². The molecular formula is C11H13N2O. The van der Waals surface area contributed by atoms with Gasteiger partial charge < -0.3 is 10.4 Å². The van der Waals surface area contributed by atoms with E-state index in [2.05, 4.69) is 29.7 Å². The van der Waals surface area contributed by atoms with Gasteiger partial charge in [0.1, 0.15) is 6.20 Å². The van der Waals surface area contributed by atoms with E-state index in [1.165, 1.54) is 6.08 Å². The number of pyridine rings is 1. The summed E-state index contributed by atoms with van der Waals surface area (Å²) >= 11 is 0. The summed E-state index contributed by atoms with van der Waals surface area (Å²) in [6.07, 6.45) is 6.85. The first-order valence-corrected chi connectivity index (χ1v) is 4.31. The van der Waals surface area contributed by atoms with Crippen molar-refractivity contribution in [2.45, 2.75) is 6.10 Å². The second kappa shape index (κ2) is 5.19. The SMILES string of the molecule is C=CCNc1[c]nccc1C(O)C=C. The van der Waals surface area contributed by atoms with Crippen molar-refractivity contribution in [3.8, 4) is 0 Å². The molecule has 1 aromatic heterocycles. The Labute approximate surface area is 83.8 Å². The Bertz CT molecular complexity index is 323. The Kier molecular flexibility index (Phi) is 3.88. The van der Waals surface area contributed by atoms with Crippen LogP contribution in [0.3, 0.4) is 0 Å². The summed E-state index contributed by atoms with van der Waals surface area (Å²) in [4.78, 5) is 3.85. The van der Waals surface area contributed by atoms with Crippen molar-refractivity contribution in [1.29, 1.82) is 0 Å². The summed E-state index contributed by atoms with van der Waals surface area (Å²) in [6, 6.07) is 1.73. The molecule has 0 saturated carbocycles. The Hall–Kier alpha value is -1.61. The van der Waals surface area contributed by atoms with Gasteiger partial charge in [-0.2, -0.15) is 0 Å². The molecule has 73 valence electrons. The van der Waals surface area contributed by atoms with E-state index in [0.717, 1.165) is 5.56 Å². The van der Waals surface area contributed by atoms with Gasteiger partial charge in [0.2, 0.25) is 0 Å².